The number of rotatable bonds is 7. The minimum Gasteiger partial charge on any atom is -0.496 e. The van der Waals surface area contributed by atoms with E-state index in [-0.39, 0.29) is 28.1 Å². The Morgan fingerprint density at radius 2 is 1.92 bits per heavy atom. The maximum atomic E-state index is 14.0. The Morgan fingerprint density at radius 3 is 2.53 bits per heavy atom. The van der Waals surface area contributed by atoms with Crippen molar-refractivity contribution in [3.63, 3.8) is 0 Å². The predicted molar refractivity (Wildman–Crippen MR) is 132 cm³/mol. The van der Waals surface area contributed by atoms with Crippen LogP contribution in [0.2, 0.25) is 0 Å². The largest absolute Gasteiger partial charge is 0.496 e. The van der Waals surface area contributed by atoms with Crippen LogP contribution in [-0.4, -0.2) is 49.4 Å². The van der Waals surface area contributed by atoms with Crippen LogP contribution in [0.1, 0.15) is 31.1 Å². The van der Waals surface area contributed by atoms with Crippen molar-refractivity contribution < 1.29 is 19.0 Å². The third kappa shape index (κ3) is 4.20. The van der Waals surface area contributed by atoms with Crippen molar-refractivity contribution >= 4 is 27.5 Å². The van der Waals surface area contributed by atoms with E-state index in [1.54, 1.807) is 20.8 Å². The Labute approximate surface area is 208 Å². The first-order valence-electron chi connectivity index (χ1n) is 11.0. The number of methoxy groups -OCH3 is 1. The molecular weight excluding hydrogens is 491 g/mol. The molecule has 1 atom stereocenters. The summed E-state index contributed by atoms with van der Waals surface area (Å²) in [6.07, 6.45) is 1.58. The number of nitrogens with zero attached hydrogens (tertiary/aromatic N) is 6. The van der Waals surface area contributed by atoms with Gasteiger partial charge < -0.3 is 9.84 Å². The molecule has 11 nitrogen and oxygen atoms in total. The van der Waals surface area contributed by atoms with Gasteiger partial charge in [0.2, 0.25) is 5.91 Å². The molecular formula is C23H25FN6O5S. The number of aryl methyl sites for hydroxylation is 1. The van der Waals surface area contributed by atoms with Crippen molar-refractivity contribution in [1.82, 2.24) is 24.2 Å². The molecule has 36 heavy (non-hydrogen) atoms. The number of benzene rings is 1. The Bertz CT molecular complexity index is 1560. The molecule has 0 saturated carbocycles. The summed E-state index contributed by atoms with van der Waals surface area (Å²) >= 11 is 1.09. The smallest absolute Gasteiger partial charge is 0.351 e. The number of aromatic nitrogens is 5. The topological polar surface area (TPSA) is 124 Å². The molecule has 1 unspecified atom stereocenters. The highest BCUT2D eigenvalue weighted by Crippen LogP contribution is 2.32. The van der Waals surface area contributed by atoms with Crippen LogP contribution in [-0.2, 0) is 11.3 Å². The lowest BCUT2D eigenvalue weighted by atomic mass is 10.1. The van der Waals surface area contributed by atoms with E-state index in [1.807, 2.05) is 0 Å². The molecule has 0 bridgehead atoms. The number of fused-ring (bicyclic) bond motifs is 1. The molecule has 0 aliphatic rings. The fourth-order valence-electron chi connectivity index (χ4n) is 3.97. The highest BCUT2D eigenvalue weighted by molar-refractivity contribution is 7.21. The van der Waals surface area contributed by atoms with Gasteiger partial charge in [-0.05, 0) is 25.1 Å². The maximum Gasteiger partial charge on any atom is 0.351 e. The fraction of sp³-hybridized carbons (Fsp3) is 0.348. The second kappa shape index (κ2) is 9.66. The van der Waals surface area contributed by atoms with Gasteiger partial charge in [-0.1, -0.05) is 25.2 Å². The molecule has 0 fully saturated rings. The van der Waals surface area contributed by atoms with Gasteiger partial charge in [0, 0.05) is 24.1 Å². The van der Waals surface area contributed by atoms with Crippen molar-refractivity contribution in [2.75, 3.05) is 19.2 Å². The van der Waals surface area contributed by atoms with Gasteiger partial charge in [-0.2, -0.15) is 14.9 Å². The molecule has 0 aliphatic carbocycles. The van der Waals surface area contributed by atoms with Gasteiger partial charge in [-0.25, -0.2) is 14.2 Å². The van der Waals surface area contributed by atoms with Gasteiger partial charge in [0.15, 0.2) is 0 Å². The third-order valence-corrected chi connectivity index (χ3v) is 7.07. The zero-order chi connectivity index (χ0) is 26.3. The zero-order valence-corrected chi connectivity index (χ0v) is 21.1. The quantitative estimate of drug-likeness (QED) is 0.397. The Kier molecular flexibility index (Phi) is 6.78. The van der Waals surface area contributed by atoms with E-state index in [2.05, 4.69) is 10.2 Å². The van der Waals surface area contributed by atoms with E-state index in [1.165, 1.54) is 48.0 Å². The lowest BCUT2D eigenvalue weighted by molar-refractivity contribution is -0.122. The lowest BCUT2D eigenvalue weighted by Gasteiger charge is -2.23. The van der Waals surface area contributed by atoms with Crippen molar-refractivity contribution in [2.45, 2.75) is 33.4 Å². The molecule has 0 saturated heterocycles. The summed E-state index contributed by atoms with van der Waals surface area (Å²) in [5.74, 6) is -1.29. The van der Waals surface area contributed by atoms with Crippen LogP contribution in [0.15, 0.2) is 40.2 Å². The molecule has 13 heteroatoms. The molecule has 1 amide bonds. The summed E-state index contributed by atoms with van der Waals surface area (Å²) in [6, 6.07) is 3.69. The minimum absolute atomic E-state index is 0.129. The van der Waals surface area contributed by atoms with Crippen LogP contribution in [0.5, 0.6) is 5.75 Å². The molecule has 1 aromatic carbocycles. The van der Waals surface area contributed by atoms with Crippen LogP contribution in [0.4, 0.5) is 4.39 Å². The summed E-state index contributed by atoms with van der Waals surface area (Å²) < 4.78 is 21.2. The van der Waals surface area contributed by atoms with Crippen LogP contribution >= 0.6 is 11.3 Å². The second-order valence-electron chi connectivity index (χ2n) is 8.46. The van der Waals surface area contributed by atoms with Crippen LogP contribution in [0, 0.1) is 18.7 Å². The average Bonchev–Trinajstić information content (AvgIpc) is 3.49. The average molecular weight is 517 g/mol. The zero-order valence-electron chi connectivity index (χ0n) is 20.3. The number of carbonyl (C=O) groups excluding carboxylic acids is 1. The molecule has 4 aromatic rings. The fourth-order valence-corrected chi connectivity index (χ4v) is 5.19. The van der Waals surface area contributed by atoms with Crippen LogP contribution in [0.25, 0.3) is 15.2 Å². The molecule has 0 aliphatic heterocycles. The van der Waals surface area contributed by atoms with Gasteiger partial charge in [-0.3, -0.25) is 14.2 Å². The summed E-state index contributed by atoms with van der Waals surface area (Å²) in [4.78, 5) is 41.5. The first-order valence-corrected chi connectivity index (χ1v) is 11.8. The summed E-state index contributed by atoms with van der Waals surface area (Å²) in [5.41, 5.74) is -0.890. The number of ether oxygens (including phenoxy) is 1. The molecule has 0 spiro atoms. The Hall–Kier alpha value is -3.84. The minimum atomic E-state index is -1.37. The van der Waals surface area contributed by atoms with E-state index in [4.69, 9.17) is 4.74 Å². The third-order valence-electron chi connectivity index (χ3n) is 5.79. The second-order valence-corrected chi connectivity index (χ2v) is 9.44. The highest BCUT2D eigenvalue weighted by atomic mass is 32.1. The van der Waals surface area contributed by atoms with E-state index >= 15 is 0 Å². The van der Waals surface area contributed by atoms with E-state index in [9.17, 15) is 23.9 Å². The first-order chi connectivity index (χ1) is 17.1. The standard InChI is InChI=1S/C23H25FN6O5S/c1-12(2)19(32)27(4)29-20(33)18-13(3)21(30-25-8-9-26-30)36-22(18)28(23(29)34)11-16(31)15-10-14(24)6-7-17(15)35-5/h6-10,12,16,31H,11H2,1-5H3. The van der Waals surface area contributed by atoms with E-state index in [0.29, 0.717) is 10.6 Å². The van der Waals surface area contributed by atoms with E-state index < -0.39 is 35.0 Å². The van der Waals surface area contributed by atoms with Crippen molar-refractivity contribution in [3.05, 3.63) is 68.4 Å². The van der Waals surface area contributed by atoms with Gasteiger partial charge in [0.1, 0.15) is 27.5 Å². The molecule has 3 aromatic heterocycles. The number of aliphatic hydroxyl groups is 1. The number of aliphatic hydroxyl groups excluding tert-OH is 1. The maximum absolute atomic E-state index is 14.0. The monoisotopic (exact) mass is 516 g/mol. The number of thiophene rings is 1. The molecule has 0 radical (unpaired) electrons. The number of amides is 1. The van der Waals surface area contributed by atoms with Crippen LogP contribution < -0.4 is 21.0 Å². The number of halogens is 1. The van der Waals surface area contributed by atoms with E-state index in [0.717, 1.165) is 27.1 Å². The lowest BCUT2D eigenvalue weighted by Crippen LogP contribution is -2.54. The first kappa shape index (κ1) is 25.3. The number of carbonyl (C=O) groups is 1. The molecule has 4 rings (SSSR count). The highest BCUT2D eigenvalue weighted by Gasteiger charge is 2.27. The summed E-state index contributed by atoms with van der Waals surface area (Å²) in [6.45, 7) is 4.65. The number of hydrogen-bond acceptors (Lipinski definition) is 8. The van der Waals surface area contributed by atoms with Gasteiger partial charge in [-0.15, -0.1) is 4.80 Å². The van der Waals surface area contributed by atoms with Crippen molar-refractivity contribution in [2.24, 2.45) is 5.92 Å². The van der Waals surface area contributed by atoms with Crippen molar-refractivity contribution in [1.29, 1.82) is 0 Å². The Balaban J connectivity index is 1.99. The Morgan fingerprint density at radius 1 is 1.25 bits per heavy atom. The normalized spacial score (nSPS) is 12.3. The summed E-state index contributed by atoms with van der Waals surface area (Å²) in [7, 11) is 2.72. The predicted octanol–water partition coefficient (Wildman–Crippen LogP) is 1.75. The van der Waals surface area contributed by atoms with Crippen LogP contribution in [0.3, 0.4) is 0 Å². The van der Waals surface area contributed by atoms with Gasteiger partial charge in [0.25, 0.3) is 5.56 Å². The summed E-state index contributed by atoms with van der Waals surface area (Å²) in [5, 5.41) is 20.9. The SMILES string of the molecule is COc1ccc(F)cc1C(O)Cn1c(=O)n(N(C)C(=O)C(C)C)c(=O)c2c(C)c(-n3nccn3)sc21. The molecule has 1 N–H and O–H groups in total. The molecule has 3 heterocycles. The van der Waals surface area contributed by atoms with Crippen molar-refractivity contribution in [3.8, 4) is 10.8 Å². The van der Waals surface area contributed by atoms with Gasteiger partial charge >= 0.3 is 5.69 Å². The van der Waals surface area contributed by atoms with Gasteiger partial charge in [0.05, 0.1) is 31.4 Å². The number of hydrogen-bond donors (Lipinski definition) is 1. The molecule has 190 valence electrons.